The Kier molecular flexibility index (Phi) is 4.43. The van der Waals surface area contributed by atoms with Gasteiger partial charge in [-0.05, 0) is 25.5 Å². The van der Waals surface area contributed by atoms with E-state index in [1.807, 2.05) is 0 Å². The van der Waals surface area contributed by atoms with Crippen LogP contribution in [0.4, 0.5) is 0 Å². The summed E-state index contributed by atoms with van der Waals surface area (Å²) in [6.45, 7) is 3.78. The van der Waals surface area contributed by atoms with E-state index in [0.29, 0.717) is 25.1 Å². The molecule has 2 rings (SSSR count). The third-order valence-electron chi connectivity index (χ3n) is 3.51. The van der Waals surface area contributed by atoms with Gasteiger partial charge in [0.15, 0.2) is 5.78 Å². The minimum absolute atomic E-state index is 0.0599. The van der Waals surface area contributed by atoms with Crippen LogP contribution in [0.3, 0.4) is 0 Å². The number of hydrogen-bond acceptors (Lipinski definition) is 4. The van der Waals surface area contributed by atoms with Gasteiger partial charge in [0, 0.05) is 31.6 Å². The second-order valence-electron chi connectivity index (χ2n) is 5.16. The van der Waals surface area contributed by atoms with Crippen LogP contribution in [0.1, 0.15) is 30.6 Å². The third-order valence-corrected chi connectivity index (χ3v) is 5.02. The topological polar surface area (TPSA) is 83.6 Å². The van der Waals surface area contributed by atoms with Crippen molar-refractivity contribution >= 4 is 21.7 Å². The number of carbonyl (C=O) groups excluding carboxylic acids is 2. The van der Waals surface area contributed by atoms with Gasteiger partial charge in [-0.2, -0.15) is 0 Å². The first-order valence-electron chi connectivity index (χ1n) is 6.68. The Morgan fingerprint density at radius 1 is 1.29 bits per heavy atom. The Balaban J connectivity index is 2.14. The first-order chi connectivity index (χ1) is 9.79. The predicted molar refractivity (Wildman–Crippen MR) is 77.4 cm³/mol. The van der Waals surface area contributed by atoms with Gasteiger partial charge in [-0.1, -0.05) is 12.1 Å². The van der Waals surface area contributed by atoms with Crippen molar-refractivity contribution in [2.75, 3.05) is 13.1 Å². The summed E-state index contributed by atoms with van der Waals surface area (Å²) in [5.41, 5.74) is 0.356. The average Bonchev–Trinajstić information content (AvgIpc) is 2.87. The smallest absolute Gasteiger partial charge is 0.240 e. The molecule has 1 aliphatic rings. The van der Waals surface area contributed by atoms with E-state index in [0.717, 1.165) is 0 Å². The quantitative estimate of drug-likeness (QED) is 0.833. The van der Waals surface area contributed by atoms with Gasteiger partial charge in [0.2, 0.25) is 15.9 Å². The van der Waals surface area contributed by atoms with Crippen molar-refractivity contribution in [2.24, 2.45) is 0 Å². The third kappa shape index (κ3) is 3.68. The second kappa shape index (κ2) is 5.95. The first kappa shape index (κ1) is 15.7. The monoisotopic (exact) mass is 310 g/mol. The molecular weight excluding hydrogens is 292 g/mol. The lowest BCUT2D eigenvalue weighted by molar-refractivity contribution is -0.127. The van der Waals surface area contributed by atoms with E-state index in [1.165, 1.54) is 26.0 Å². The molecule has 0 aromatic heterocycles. The highest BCUT2D eigenvalue weighted by Crippen LogP contribution is 2.16. The van der Waals surface area contributed by atoms with Crippen molar-refractivity contribution in [1.82, 2.24) is 9.62 Å². The van der Waals surface area contributed by atoms with Gasteiger partial charge in [0.1, 0.15) is 0 Å². The number of rotatable bonds is 4. The zero-order valence-electron chi connectivity index (χ0n) is 12.0. The molecule has 1 heterocycles. The molecule has 1 aromatic rings. The number of benzene rings is 1. The largest absolute Gasteiger partial charge is 0.341 e. The number of carbonyl (C=O) groups is 2. The summed E-state index contributed by atoms with van der Waals surface area (Å²) in [5, 5.41) is 0. The van der Waals surface area contributed by atoms with Crippen LogP contribution < -0.4 is 4.72 Å². The Morgan fingerprint density at radius 3 is 2.57 bits per heavy atom. The van der Waals surface area contributed by atoms with Gasteiger partial charge < -0.3 is 4.90 Å². The molecule has 114 valence electrons. The van der Waals surface area contributed by atoms with Crippen molar-refractivity contribution in [1.29, 1.82) is 0 Å². The standard InChI is InChI=1S/C14H18N2O4S/c1-10(17)12-4-3-5-14(8-12)21(19,20)15-13-6-7-16(9-13)11(2)18/h3-5,8,13,15H,6-7,9H2,1-2H3. The highest BCUT2D eigenvalue weighted by atomic mass is 32.2. The van der Waals surface area contributed by atoms with Crippen LogP contribution in [0.2, 0.25) is 0 Å². The van der Waals surface area contributed by atoms with Crippen LogP contribution in [-0.2, 0) is 14.8 Å². The molecule has 0 radical (unpaired) electrons. The maximum absolute atomic E-state index is 12.3. The van der Waals surface area contributed by atoms with Crippen molar-refractivity contribution in [3.05, 3.63) is 29.8 Å². The van der Waals surface area contributed by atoms with E-state index in [2.05, 4.69) is 4.72 Å². The molecule has 21 heavy (non-hydrogen) atoms. The van der Waals surface area contributed by atoms with E-state index in [1.54, 1.807) is 17.0 Å². The Morgan fingerprint density at radius 2 is 2.00 bits per heavy atom. The highest BCUT2D eigenvalue weighted by molar-refractivity contribution is 7.89. The maximum Gasteiger partial charge on any atom is 0.240 e. The van der Waals surface area contributed by atoms with Crippen LogP contribution >= 0.6 is 0 Å². The molecule has 1 unspecified atom stereocenters. The van der Waals surface area contributed by atoms with Gasteiger partial charge in [0.25, 0.3) is 0 Å². The van der Waals surface area contributed by atoms with Gasteiger partial charge in [0.05, 0.1) is 4.90 Å². The first-order valence-corrected chi connectivity index (χ1v) is 8.17. The van der Waals surface area contributed by atoms with Crippen LogP contribution in [-0.4, -0.2) is 44.1 Å². The Hall–Kier alpha value is -1.73. The van der Waals surface area contributed by atoms with Gasteiger partial charge in [-0.25, -0.2) is 13.1 Å². The Labute approximate surface area is 124 Å². The lowest BCUT2D eigenvalue weighted by atomic mass is 10.2. The number of ketones is 1. The van der Waals surface area contributed by atoms with Gasteiger partial charge in [-0.15, -0.1) is 0 Å². The number of sulfonamides is 1. The van der Waals surface area contributed by atoms with E-state index in [4.69, 9.17) is 0 Å². The molecule has 1 fully saturated rings. The minimum Gasteiger partial charge on any atom is -0.341 e. The lowest BCUT2D eigenvalue weighted by Gasteiger charge is -2.15. The zero-order chi connectivity index (χ0) is 15.6. The SMILES string of the molecule is CC(=O)c1cccc(S(=O)(=O)NC2CCN(C(C)=O)C2)c1. The maximum atomic E-state index is 12.3. The number of likely N-dealkylation sites (tertiary alicyclic amines) is 1. The number of nitrogens with zero attached hydrogens (tertiary/aromatic N) is 1. The molecule has 6 nitrogen and oxygen atoms in total. The summed E-state index contributed by atoms with van der Waals surface area (Å²) in [7, 11) is -3.69. The molecule has 0 aliphatic carbocycles. The van der Waals surface area contributed by atoms with Crippen molar-refractivity contribution in [3.63, 3.8) is 0 Å². The Bertz CT molecular complexity index is 669. The van der Waals surface area contributed by atoms with Crippen LogP contribution in [0.25, 0.3) is 0 Å². The molecule has 1 saturated heterocycles. The molecule has 0 spiro atoms. The van der Waals surface area contributed by atoms with Crippen molar-refractivity contribution < 1.29 is 18.0 Å². The summed E-state index contributed by atoms with van der Waals surface area (Å²) < 4.78 is 27.2. The van der Waals surface area contributed by atoms with Gasteiger partial charge >= 0.3 is 0 Å². The summed E-state index contributed by atoms with van der Waals surface area (Å²) >= 11 is 0. The predicted octanol–water partition coefficient (Wildman–Crippen LogP) is 0.788. The minimum atomic E-state index is -3.69. The number of Topliss-reactive ketones (excluding diaryl/α,β-unsaturated/α-hetero) is 1. The van der Waals surface area contributed by atoms with E-state index < -0.39 is 10.0 Å². The molecule has 7 heteroatoms. The second-order valence-corrected chi connectivity index (χ2v) is 6.87. The summed E-state index contributed by atoms with van der Waals surface area (Å²) in [4.78, 5) is 24.3. The molecule has 0 saturated carbocycles. The fraction of sp³-hybridized carbons (Fsp3) is 0.429. The average molecular weight is 310 g/mol. The molecular formula is C14H18N2O4S. The number of amides is 1. The van der Waals surface area contributed by atoms with Crippen molar-refractivity contribution in [3.8, 4) is 0 Å². The number of nitrogens with one attached hydrogen (secondary N) is 1. The molecule has 1 atom stereocenters. The summed E-state index contributed by atoms with van der Waals surface area (Å²) in [6, 6.07) is 5.64. The van der Waals surface area contributed by atoms with Gasteiger partial charge in [-0.3, -0.25) is 9.59 Å². The van der Waals surface area contributed by atoms with Crippen LogP contribution in [0.15, 0.2) is 29.2 Å². The molecule has 1 amide bonds. The van der Waals surface area contributed by atoms with Crippen LogP contribution in [0.5, 0.6) is 0 Å². The van der Waals surface area contributed by atoms with E-state index in [-0.39, 0.29) is 22.6 Å². The van der Waals surface area contributed by atoms with E-state index >= 15 is 0 Å². The zero-order valence-corrected chi connectivity index (χ0v) is 12.8. The molecule has 1 N–H and O–H groups in total. The highest BCUT2D eigenvalue weighted by Gasteiger charge is 2.28. The summed E-state index contributed by atoms with van der Waals surface area (Å²) in [6.07, 6.45) is 0.589. The normalized spacial score (nSPS) is 18.8. The lowest BCUT2D eigenvalue weighted by Crippen LogP contribution is -2.38. The molecule has 1 aliphatic heterocycles. The van der Waals surface area contributed by atoms with Crippen molar-refractivity contribution in [2.45, 2.75) is 31.2 Å². The fourth-order valence-electron chi connectivity index (χ4n) is 2.31. The molecule has 1 aromatic carbocycles. The number of hydrogen-bond donors (Lipinski definition) is 1. The van der Waals surface area contributed by atoms with Crippen LogP contribution in [0, 0.1) is 0 Å². The molecule has 0 bridgehead atoms. The summed E-state index contributed by atoms with van der Waals surface area (Å²) in [5.74, 6) is -0.244. The fourth-order valence-corrected chi connectivity index (χ4v) is 3.62. The van der Waals surface area contributed by atoms with E-state index in [9.17, 15) is 18.0 Å².